The van der Waals surface area contributed by atoms with Crippen molar-refractivity contribution >= 4 is 17.5 Å². The molecule has 0 radical (unpaired) electrons. The Labute approximate surface area is 115 Å². The molecule has 1 aromatic heterocycles. The number of carboxylic acids is 1. The highest BCUT2D eigenvalue weighted by Gasteiger charge is 2.20. The summed E-state index contributed by atoms with van der Waals surface area (Å²) in [5.41, 5.74) is -0.314. The summed E-state index contributed by atoms with van der Waals surface area (Å²) in [7, 11) is 0. The van der Waals surface area contributed by atoms with Crippen LogP contribution >= 0.6 is 0 Å². The average Bonchev–Trinajstić information content (AvgIpc) is 2.35. The molecule has 0 bridgehead atoms. The molecule has 0 spiro atoms. The van der Waals surface area contributed by atoms with E-state index in [4.69, 9.17) is 10.4 Å². The van der Waals surface area contributed by atoms with Crippen molar-refractivity contribution in [2.45, 2.75) is 13.8 Å². The number of hydrogen-bond donors (Lipinski definition) is 1. The second kappa shape index (κ2) is 6.47. The Morgan fingerprint density at radius 1 is 1.65 bits per heavy atom. The van der Waals surface area contributed by atoms with Gasteiger partial charge in [0, 0.05) is 12.6 Å². The van der Waals surface area contributed by atoms with Crippen molar-refractivity contribution in [1.29, 1.82) is 5.26 Å². The van der Waals surface area contributed by atoms with Crippen LogP contribution in [-0.4, -0.2) is 34.1 Å². The zero-order valence-corrected chi connectivity index (χ0v) is 11.1. The molecule has 8 heteroatoms. The standard InChI is InChI=1S/C12H14N4O4/c1-8(2)6-15(7-11(17)18)12-9(4-13)3-10(5-14-12)16(19)20/h3,5,8H,6-7H2,1-2H3,(H,17,18). The molecule has 0 unspecified atom stereocenters. The topological polar surface area (TPSA) is 120 Å². The van der Waals surface area contributed by atoms with Crippen LogP contribution in [-0.2, 0) is 4.79 Å². The van der Waals surface area contributed by atoms with Gasteiger partial charge in [-0.3, -0.25) is 14.9 Å². The summed E-state index contributed by atoms with van der Waals surface area (Å²) >= 11 is 0. The Bertz CT molecular complexity index is 565. The van der Waals surface area contributed by atoms with Gasteiger partial charge >= 0.3 is 5.97 Å². The summed E-state index contributed by atoms with van der Waals surface area (Å²) in [6.07, 6.45) is 1.02. The fourth-order valence-corrected chi connectivity index (χ4v) is 1.71. The van der Waals surface area contributed by atoms with Crippen LogP contribution in [0.4, 0.5) is 11.5 Å². The molecule has 0 fully saturated rings. The Hall–Kier alpha value is -2.69. The van der Waals surface area contributed by atoms with Crippen LogP contribution in [0.2, 0.25) is 0 Å². The zero-order valence-electron chi connectivity index (χ0n) is 11.1. The third kappa shape index (κ3) is 3.91. The lowest BCUT2D eigenvalue weighted by Gasteiger charge is -2.24. The number of nitro groups is 1. The van der Waals surface area contributed by atoms with Crippen molar-refractivity contribution in [2.75, 3.05) is 18.0 Å². The van der Waals surface area contributed by atoms with Crippen molar-refractivity contribution < 1.29 is 14.8 Å². The molecule has 0 aliphatic rings. The molecular weight excluding hydrogens is 264 g/mol. The maximum absolute atomic E-state index is 10.9. The summed E-state index contributed by atoms with van der Waals surface area (Å²) in [5.74, 6) is -0.762. The summed E-state index contributed by atoms with van der Waals surface area (Å²) in [5, 5.41) is 28.6. The summed E-state index contributed by atoms with van der Waals surface area (Å²) in [4.78, 5) is 26.2. The van der Waals surface area contributed by atoms with Gasteiger partial charge < -0.3 is 10.0 Å². The van der Waals surface area contributed by atoms with Gasteiger partial charge in [-0.25, -0.2) is 4.98 Å². The Morgan fingerprint density at radius 2 is 2.30 bits per heavy atom. The van der Waals surface area contributed by atoms with Gasteiger partial charge in [0.25, 0.3) is 5.69 Å². The van der Waals surface area contributed by atoms with Crippen LogP contribution in [0.1, 0.15) is 19.4 Å². The number of nitriles is 1. The van der Waals surface area contributed by atoms with Gasteiger partial charge in [-0.05, 0) is 5.92 Å². The normalized spacial score (nSPS) is 10.1. The number of anilines is 1. The molecule has 0 saturated carbocycles. The minimum absolute atomic E-state index is 0.0129. The van der Waals surface area contributed by atoms with Crippen LogP contribution in [0, 0.1) is 27.4 Å². The van der Waals surface area contributed by atoms with Gasteiger partial charge in [0.15, 0.2) is 0 Å². The van der Waals surface area contributed by atoms with Crippen LogP contribution in [0.15, 0.2) is 12.3 Å². The van der Waals surface area contributed by atoms with E-state index in [1.807, 2.05) is 19.9 Å². The Morgan fingerprint density at radius 3 is 2.75 bits per heavy atom. The van der Waals surface area contributed by atoms with Crippen molar-refractivity contribution in [3.05, 3.63) is 27.9 Å². The highest BCUT2D eigenvalue weighted by atomic mass is 16.6. The van der Waals surface area contributed by atoms with E-state index < -0.39 is 10.9 Å². The van der Waals surface area contributed by atoms with Gasteiger partial charge in [0.2, 0.25) is 0 Å². The quantitative estimate of drug-likeness (QED) is 0.616. The molecule has 1 rings (SSSR count). The van der Waals surface area contributed by atoms with E-state index in [0.29, 0.717) is 6.54 Å². The second-order valence-electron chi connectivity index (χ2n) is 4.60. The van der Waals surface area contributed by atoms with Gasteiger partial charge in [-0.2, -0.15) is 5.26 Å². The van der Waals surface area contributed by atoms with Gasteiger partial charge in [-0.1, -0.05) is 13.8 Å². The van der Waals surface area contributed by atoms with E-state index in [9.17, 15) is 14.9 Å². The average molecular weight is 278 g/mol. The SMILES string of the molecule is CC(C)CN(CC(=O)O)c1ncc([N+](=O)[O-])cc1C#N. The van der Waals surface area contributed by atoms with E-state index in [1.165, 1.54) is 4.90 Å². The summed E-state index contributed by atoms with van der Waals surface area (Å²) in [6.45, 7) is 3.85. The van der Waals surface area contributed by atoms with E-state index in [-0.39, 0.29) is 29.5 Å². The van der Waals surface area contributed by atoms with E-state index in [2.05, 4.69) is 4.98 Å². The largest absolute Gasteiger partial charge is 0.480 e. The number of carboxylic acid groups (broad SMARTS) is 1. The molecule has 0 aromatic carbocycles. The molecule has 1 aromatic rings. The number of hydrogen-bond acceptors (Lipinski definition) is 6. The van der Waals surface area contributed by atoms with Crippen molar-refractivity contribution in [2.24, 2.45) is 5.92 Å². The first-order valence-electron chi connectivity index (χ1n) is 5.86. The number of nitrogens with zero attached hydrogens (tertiary/aromatic N) is 4. The smallest absolute Gasteiger partial charge is 0.323 e. The first kappa shape index (κ1) is 15.4. The molecule has 0 aliphatic heterocycles. The maximum Gasteiger partial charge on any atom is 0.323 e. The molecule has 0 amide bonds. The van der Waals surface area contributed by atoms with E-state index in [0.717, 1.165) is 12.3 Å². The molecule has 0 aliphatic carbocycles. The van der Waals surface area contributed by atoms with E-state index in [1.54, 1.807) is 0 Å². The fraction of sp³-hybridized carbons (Fsp3) is 0.417. The Kier molecular flexibility index (Phi) is 4.97. The minimum Gasteiger partial charge on any atom is -0.480 e. The zero-order chi connectivity index (χ0) is 15.3. The van der Waals surface area contributed by atoms with Crippen molar-refractivity contribution in [3.63, 3.8) is 0 Å². The molecule has 1 heterocycles. The highest BCUT2D eigenvalue weighted by molar-refractivity contribution is 5.74. The monoisotopic (exact) mass is 278 g/mol. The lowest BCUT2D eigenvalue weighted by atomic mass is 10.2. The highest BCUT2D eigenvalue weighted by Crippen LogP contribution is 2.22. The molecule has 1 N–H and O–H groups in total. The third-order valence-electron chi connectivity index (χ3n) is 2.39. The first-order valence-corrected chi connectivity index (χ1v) is 5.86. The fourth-order valence-electron chi connectivity index (χ4n) is 1.71. The number of aromatic nitrogens is 1. The molecule has 106 valence electrons. The predicted octanol–water partition coefficient (Wildman–Crippen LogP) is 1.41. The Balaban J connectivity index is 3.22. The van der Waals surface area contributed by atoms with Gasteiger partial charge in [0.1, 0.15) is 30.2 Å². The van der Waals surface area contributed by atoms with Crippen LogP contribution in [0.3, 0.4) is 0 Å². The van der Waals surface area contributed by atoms with Gasteiger partial charge in [0.05, 0.1) is 4.92 Å². The van der Waals surface area contributed by atoms with Gasteiger partial charge in [-0.15, -0.1) is 0 Å². The van der Waals surface area contributed by atoms with Crippen LogP contribution < -0.4 is 4.90 Å². The summed E-state index contributed by atoms with van der Waals surface area (Å²) < 4.78 is 0. The minimum atomic E-state index is -1.06. The van der Waals surface area contributed by atoms with Crippen LogP contribution in [0.25, 0.3) is 0 Å². The lowest BCUT2D eigenvalue weighted by Crippen LogP contribution is -2.34. The number of carbonyl (C=O) groups is 1. The summed E-state index contributed by atoms with van der Waals surface area (Å²) in [6, 6.07) is 2.91. The lowest BCUT2D eigenvalue weighted by molar-refractivity contribution is -0.385. The molecular formula is C12H14N4O4. The molecule has 0 saturated heterocycles. The first-order chi connectivity index (χ1) is 9.35. The number of aliphatic carboxylic acids is 1. The second-order valence-corrected chi connectivity index (χ2v) is 4.60. The van der Waals surface area contributed by atoms with Crippen LogP contribution in [0.5, 0.6) is 0 Å². The molecule has 0 atom stereocenters. The number of rotatable bonds is 6. The third-order valence-corrected chi connectivity index (χ3v) is 2.39. The van der Waals surface area contributed by atoms with E-state index >= 15 is 0 Å². The molecule has 20 heavy (non-hydrogen) atoms. The van der Waals surface area contributed by atoms with Crippen molar-refractivity contribution in [3.8, 4) is 6.07 Å². The number of pyridine rings is 1. The molecule has 8 nitrogen and oxygen atoms in total. The van der Waals surface area contributed by atoms with Crippen molar-refractivity contribution in [1.82, 2.24) is 4.98 Å². The maximum atomic E-state index is 10.9. The predicted molar refractivity (Wildman–Crippen MR) is 70.3 cm³/mol.